The average Bonchev–Trinajstić information content (AvgIpc) is 3.25. The van der Waals surface area contributed by atoms with Crippen LogP contribution in [0, 0.1) is 0 Å². The molecule has 39 heavy (non-hydrogen) atoms. The molecule has 202 valence electrons. The van der Waals surface area contributed by atoms with E-state index in [1.807, 2.05) is 6.92 Å². The van der Waals surface area contributed by atoms with Crippen LogP contribution >= 0.6 is 0 Å². The molecule has 2 fully saturated rings. The van der Waals surface area contributed by atoms with Crippen LogP contribution in [0.2, 0.25) is 0 Å². The van der Waals surface area contributed by atoms with Crippen molar-refractivity contribution in [2.24, 2.45) is 0 Å². The quantitative estimate of drug-likeness (QED) is 0.401. The summed E-state index contributed by atoms with van der Waals surface area (Å²) >= 11 is 0. The molecule has 1 spiro atoms. The molecule has 1 saturated heterocycles. The normalized spacial score (nSPS) is 30.6. The molecule has 0 aromatic heterocycles. The smallest absolute Gasteiger partial charge is 0.177 e. The molecule has 7 rings (SSSR count). The summed E-state index contributed by atoms with van der Waals surface area (Å²) in [5.74, 6) is 0.777. The third-order valence-corrected chi connectivity index (χ3v) is 10.3. The van der Waals surface area contributed by atoms with Gasteiger partial charge in [0.05, 0.1) is 11.0 Å². The lowest BCUT2D eigenvalue weighted by Gasteiger charge is -2.66. The SMILES string of the molecule is CC12Oc3c(O)ccc4c3[C@@]13CCN(CCc1ccccc1)[C@H](C4)[C@]3(OCCCc1ccccc1)CCC2=O. The van der Waals surface area contributed by atoms with Crippen molar-refractivity contribution in [2.75, 3.05) is 19.7 Å². The highest BCUT2D eigenvalue weighted by Gasteiger charge is 2.78. The fourth-order valence-electron chi connectivity index (χ4n) is 8.49. The van der Waals surface area contributed by atoms with Gasteiger partial charge in [0.25, 0.3) is 0 Å². The molecular weight excluding hydrogens is 486 g/mol. The first-order chi connectivity index (χ1) is 19.0. The van der Waals surface area contributed by atoms with Gasteiger partial charge in [-0.2, -0.15) is 0 Å². The monoisotopic (exact) mass is 523 g/mol. The summed E-state index contributed by atoms with van der Waals surface area (Å²) < 4.78 is 13.8. The first kappa shape index (κ1) is 24.9. The van der Waals surface area contributed by atoms with Crippen LogP contribution in [0.1, 0.15) is 54.9 Å². The molecule has 5 heteroatoms. The van der Waals surface area contributed by atoms with Gasteiger partial charge in [0.15, 0.2) is 22.9 Å². The highest BCUT2D eigenvalue weighted by atomic mass is 16.5. The van der Waals surface area contributed by atoms with Crippen molar-refractivity contribution >= 4 is 5.78 Å². The Kier molecular flexibility index (Phi) is 5.87. The molecular formula is C34H37NO4. The molecule has 3 aromatic rings. The Morgan fingerprint density at radius 2 is 1.69 bits per heavy atom. The molecule has 1 N–H and O–H groups in total. The standard InChI is InChI=1S/C34H37NO4/c1-32-29(37)16-18-34(38-22-8-13-24-9-4-2-5-10-24)28-23-26-14-15-27(36)31(39-32)30(26)33(32,34)19-21-35(28)20-17-25-11-6-3-7-12-25/h2-7,9-12,14-15,28,36H,8,13,16-23H2,1H3/t28-,32?,33+,34-/m1/s1. The number of carbonyl (C=O) groups excluding carboxylic acids is 1. The first-order valence-corrected chi connectivity index (χ1v) is 14.5. The van der Waals surface area contributed by atoms with E-state index < -0.39 is 16.6 Å². The zero-order chi connectivity index (χ0) is 26.7. The maximum absolute atomic E-state index is 13.7. The number of rotatable bonds is 8. The van der Waals surface area contributed by atoms with Crippen molar-refractivity contribution in [3.63, 3.8) is 0 Å². The maximum atomic E-state index is 13.7. The fourth-order valence-corrected chi connectivity index (χ4v) is 8.49. The third-order valence-electron chi connectivity index (χ3n) is 10.3. The van der Waals surface area contributed by atoms with Crippen LogP contribution in [0.15, 0.2) is 72.8 Å². The van der Waals surface area contributed by atoms with Crippen LogP contribution in [0.25, 0.3) is 0 Å². The van der Waals surface area contributed by atoms with E-state index in [1.54, 1.807) is 6.07 Å². The minimum Gasteiger partial charge on any atom is -0.504 e. The number of carbonyl (C=O) groups is 1. The van der Waals surface area contributed by atoms with Crippen molar-refractivity contribution in [1.29, 1.82) is 0 Å². The van der Waals surface area contributed by atoms with Crippen LogP contribution in [0.3, 0.4) is 0 Å². The minimum atomic E-state index is -1.04. The van der Waals surface area contributed by atoms with E-state index >= 15 is 0 Å². The number of hydrogen-bond acceptors (Lipinski definition) is 5. The number of likely N-dealkylation sites (tertiary alicyclic amines) is 1. The van der Waals surface area contributed by atoms with Crippen molar-refractivity contribution in [1.82, 2.24) is 4.90 Å². The van der Waals surface area contributed by atoms with E-state index in [1.165, 1.54) is 16.7 Å². The van der Waals surface area contributed by atoms with Gasteiger partial charge in [0.1, 0.15) is 0 Å². The average molecular weight is 524 g/mol. The van der Waals surface area contributed by atoms with Crippen LogP contribution in [0.5, 0.6) is 11.5 Å². The summed E-state index contributed by atoms with van der Waals surface area (Å²) in [5, 5.41) is 10.9. The number of nitrogens with zero attached hydrogens (tertiary/aromatic N) is 1. The minimum absolute atomic E-state index is 0.131. The number of phenols is 1. The Morgan fingerprint density at radius 3 is 2.44 bits per heavy atom. The molecule has 2 aliphatic heterocycles. The molecule has 4 atom stereocenters. The molecule has 2 heterocycles. The Morgan fingerprint density at radius 1 is 0.974 bits per heavy atom. The number of aryl methyl sites for hydroxylation is 1. The predicted molar refractivity (Wildman–Crippen MR) is 150 cm³/mol. The third kappa shape index (κ3) is 3.49. The summed E-state index contributed by atoms with van der Waals surface area (Å²) in [6.45, 7) is 4.44. The van der Waals surface area contributed by atoms with Crippen molar-refractivity contribution in [3.8, 4) is 11.5 Å². The van der Waals surface area contributed by atoms with E-state index in [-0.39, 0.29) is 17.6 Å². The maximum Gasteiger partial charge on any atom is 0.177 e. The number of ketones is 1. The summed E-state index contributed by atoms with van der Waals surface area (Å²) in [5.41, 5.74) is 2.71. The van der Waals surface area contributed by atoms with Gasteiger partial charge in [-0.25, -0.2) is 0 Å². The molecule has 0 amide bonds. The summed E-state index contributed by atoms with van der Waals surface area (Å²) in [6.07, 6.45) is 5.61. The highest BCUT2D eigenvalue weighted by Crippen LogP contribution is 2.69. The lowest BCUT2D eigenvalue weighted by molar-refractivity contribution is -0.231. The molecule has 2 bridgehead atoms. The van der Waals surface area contributed by atoms with Gasteiger partial charge in [0, 0.05) is 31.2 Å². The summed E-state index contributed by atoms with van der Waals surface area (Å²) in [7, 11) is 0. The second-order valence-electron chi connectivity index (χ2n) is 12.0. The Hall–Kier alpha value is -3.15. The number of ether oxygens (including phenoxy) is 2. The van der Waals surface area contributed by atoms with Crippen LogP contribution in [-0.2, 0) is 34.2 Å². The molecule has 1 saturated carbocycles. The Bertz CT molecular complexity index is 1390. The second kappa shape index (κ2) is 9.21. The van der Waals surface area contributed by atoms with Gasteiger partial charge >= 0.3 is 0 Å². The topological polar surface area (TPSA) is 59.0 Å². The fraction of sp³-hybridized carbons (Fsp3) is 0.441. The van der Waals surface area contributed by atoms with Gasteiger partial charge in [-0.05, 0) is 74.8 Å². The lowest BCUT2D eigenvalue weighted by Crippen LogP contribution is -2.80. The number of phenolic OH excluding ortho intramolecular Hbond substituents is 1. The lowest BCUT2D eigenvalue weighted by atomic mass is 9.45. The predicted octanol–water partition coefficient (Wildman–Crippen LogP) is 5.41. The van der Waals surface area contributed by atoms with Gasteiger partial charge in [-0.15, -0.1) is 0 Å². The van der Waals surface area contributed by atoms with Gasteiger partial charge in [0.2, 0.25) is 0 Å². The van der Waals surface area contributed by atoms with Crippen LogP contribution in [-0.4, -0.2) is 52.7 Å². The number of benzene rings is 3. The molecule has 5 nitrogen and oxygen atoms in total. The van der Waals surface area contributed by atoms with Gasteiger partial charge in [-0.3, -0.25) is 9.69 Å². The zero-order valence-electron chi connectivity index (χ0n) is 22.7. The van der Waals surface area contributed by atoms with E-state index in [2.05, 4.69) is 71.6 Å². The Labute approximate surface area is 230 Å². The summed E-state index contributed by atoms with van der Waals surface area (Å²) in [4.78, 5) is 16.4. The number of Topliss-reactive ketones (excluding diaryl/α,β-unsaturated/α-hetero) is 1. The van der Waals surface area contributed by atoms with E-state index in [0.29, 0.717) is 25.2 Å². The second-order valence-corrected chi connectivity index (χ2v) is 12.0. The molecule has 3 aromatic carbocycles. The summed E-state index contributed by atoms with van der Waals surface area (Å²) in [6, 6.07) is 25.2. The Balaban J connectivity index is 1.28. The molecule has 4 aliphatic rings. The number of piperidine rings is 1. The van der Waals surface area contributed by atoms with Gasteiger partial charge < -0.3 is 14.6 Å². The van der Waals surface area contributed by atoms with E-state index in [4.69, 9.17) is 9.47 Å². The van der Waals surface area contributed by atoms with E-state index in [9.17, 15) is 9.90 Å². The van der Waals surface area contributed by atoms with E-state index in [0.717, 1.165) is 50.8 Å². The first-order valence-electron chi connectivity index (χ1n) is 14.5. The molecule has 0 radical (unpaired) electrons. The van der Waals surface area contributed by atoms with Crippen molar-refractivity contribution in [3.05, 3.63) is 95.1 Å². The van der Waals surface area contributed by atoms with Crippen molar-refractivity contribution in [2.45, 2.75) is 74.5 Å². The van der Waals surface area contributed by atoms with Crippen LogP contribution in [0.4, 0.5) is 0 Å². The van der Waals surface area contributed by atoms with Crippen molar-refractivity contribution < 1.29 is 19.4 Å². The van der Waals surface area contributed by atoms with Crippen LogP contribution < -0.4 is 4.74 Å². The zero-order valence-corrected chi connectivity index (χ0v) is 22.7. The number of hydrogen-bond donors (Lipinski definition) is 1. The molecule has 2 aliphatic carbocycles. The van der Waals surface area contributed by atoms with Gasteiger partial charge in [-0.1, -0.05) is 66.7 Å². The number of aromatic hydroxyl groups is 1. The highest BCUT2D eigenvalue weighted by molar-refractivity contribution is 5.94. The largest absolute Gasteiger partial charge is 0.504 e. The molecule has 1 unspecified atom stereocenters.